The zero-order valence-electron chi connectivity index (χ0n) is 14.3. The van der Waals surface area contributed by atoms with E-state index in [1.165, 1.54) is 13.0 Å². The molecule has 1 aliphatic carbocycles. The molecule has 0 atom stereocenters. The molecule has 1 aliphatic rings. The molecule has 0 aliphatic heterocycles. The molecule has 0 heterocycles. The molecule has 0 radical (unpaired) electrons. The third-order valence-corrected chi connectivity index (χ3v) is 4.54. The summed E-state index contributed by atoms with van der Waals surface area (Å²) in [4.78, 5) is 36.5. The number of Topliss-reactive ketones (excluding diaryl/α,β-unsaturated/α-hetero) is 1. The van der Waals surface area contributed by atoms with E-state index in [1.54, 1.807) is 42.5 Å². The Morgan fingerprint density at radius 1 is 1.04 bits per heavy atom. The van der Waals surface area contributed by atoms with Gasteiger partial charge >= 0.3 is 0 Å². The second-order valence-electron chi connectivity index (χ2n) is 6.45. The van der Waals surface area contributed by atoms with Crippen LogP contribution in [0, 0.1) is 11.2 Å². The molecule has 0 spiro atoms. The third kappa shape index (κ3) is 3.64. The molecule has 2 N–H and O–H groups in total. The van der Waals surface area contributed by atoms with E-state index in [0.717, 1.165) is 0 Å². The molecule has 26 heavy (non-hydrogen) atoms. The lowest BCUT2D eigenvalue weighted by atomic mass is 10.0. The van der Waals surface area contributed by atoms with Gasteiger partial charge in [0.05, 0.1) is 0 Å². The van der Waals surface area contributed by atoms with Crippen molar-refractivity contribution in [2.24, 2.45) is 5.41 Å². The average molecular weight is 354 g/mol. The van der Waals surface area contributed by atoms with Crippen molar-refractivity contribution in [2.45, 2.75) is 26.3 Å². The Morgan fingerprint density at radius 3 is 2.42 bits per heavy atom. The maximum atomic E-state index is 13.6. The van der Waals surface area contributed by atoms with Crippen LogP contribution < -0.4 is 10.6 Å². The van der Waals surface area contributed by atoms with Crippen LogP contribution in [0.4, 0.5) is 10.1 Å². The molecule has 5 nitrogen and oxygen atoms in total. The van der Waals surface area contributed by atoms with Crippen LogP contribution in [0.25, 0.3) is 0 Å². The number of carbonyl (C=O) groups excluding carboxylic acids is 3. The number of nitrogens with one attached hydrogen (secondary N) is 2. The standard InChI is InChI=1S/C20H19FN2O3/c1-13(24)14-6-4-7-16(11-14)23-19(26)20(9-10-20)18(25)22-12-15-5-2-3-8-17(15)21/h2-8,11H,9-10,12H2,1H3,(H,22,25)(H,23,26). The Hall–Kier alpha value is -3.02. The van der Waals surface area contributed by atoms with Crippen molar-refractivity contribution >= 4 is 23.3 Å². The van der Waals surface area contributed by atoms with Crippen LogP contribution in [0.1, 0.15) is 35.7 Å². The molecular weight excluding hydrogens is 335 g/mol. The second kappa shape index (κ2) is 7.07. The fourth-order valence-electron chi connectivity index (χ4n) is 2.74. The average Bonchev–Trinajstić information content (AvgIpc) is 3.43. The molecule has 2 aromatic rings. The fraction of sp³-hybridized carbons (Fsp3) is 0.250. The molecule has 2 amide bonds. The van der Waals surface area contributed by atoms with E-state index < -0.39 is 23.0 Å². The van der Waals surface area contributed by atoms with E-state index in [1.807, 2.05) is 0 Å². The largest absolute Gasteiger partial charge is 0.351 e. The van der Waals surface area contributed by atoms with Crippen LogP contribution >= 0.6 is 0 Å². The highest BCUT2D eigenvalue weighted by atomic mass is 19.1. The fourth-order valence-corrected chi connectivity index (χ4v) is 2.74. The van der Waals surface area contributed by atoms with Crippen molar-refractivity contribution in [3.63, 3.8) is 0 Å². The predicted octanol–water partition coefficient (Wildman–Crippen LogP) is 3.06. The van der Waals surface area contributed by atoms with Gasteiger partial charge in [0.1, 0.15) is 11.2 Å². The number of hydrogen-bond acceptors (Lipinski definition) is 3. The first kappa shape index (κ1) is 17.8. The Bertz CT molecular complexity index is 875. The maximum absolute atomic E-state index is 13.6. The summed E-state index contributed by atoms with van der Waals surface area (Å²) in [7, 11) is 0. The number of anilines is 1. The number of hydrogen-bond donors (Lipinski definition) is 2. The van der Waals surface area contributed by atoms with Crippen LogP contribution in [0.3, 0.4) is 0 Å². The Labute approximate surface area is 150 Å². The van der Waals surface area contributed by atoms with E-state index in [9.17, 15) is 18.8 Å². The highest BCUT2D eigenvalue weighted by Crippen LogP contribution is 2.47. The van der Waals surface area contributed by atoms with Crippen molar-refractivity contribution < 1.29 is 18.8 Å². The monoisotopic (exact) mass is 354 g/mol. The first-order chi connectivity index (χ1) is 12.4. The van der Waals surface area contributed by atoms with Gasteiger partial charge in [-0.2, -0.15) is 0 Å². The summed E-state index contributed by atoms with van der Waals surface area (Å²) in [6.45, 7) is 1.47. The van der Waals surface area contributed by atoms with Crippen LogP contribution in [0.5, 0.6) is 0 Å². The molecule has 0 unspecified atom stereocenters. The molecule has 6 heteroatoms. The summed E-state index contributed by atoms with van der Waals surface area (Å²) >= 11 is 0. The van der Waals surface area contributed by atoms with Crippen molar-refractivity contribution in [2.75, 3.05) is 5.32 Å². The molecule has 2 aromatic carbocycles. The minimum Gasteiger partial charge on any atom is -0.351 e. The van der Waals surface area contributed by atoms with Gasteiger partial charge in [0.25, 0.3) is 0 Å². The molecule has 134 valence electrons. The van der Waals surface area contributed by atoms with Gasteiger partial charge in [0, 0.05) is 23.4 Å². The zero-order chi connectivity index (χ0) is 18.7. The highest BCUT2D eigenvalue weighted by Gasteiger charge is 2.56. The lowest BCUT2D eigenvalue weighted by Crippen LogP contribution is -2.39. The summed E-state index contributed by atoms with van der Waals surface area (Å²) in [6, 6.07) is 12.7. The molecule has 3 rings (SSSR count). The molecule has 0 bridgehead atoms. The summed E-state index contributed by atoms with van der Waals surface area (Å²) in [6.07, 6.45) is 0.878. The first-order valence-electron chi connectivity index (χ1n) is 8.36. The van der Waals surface area contributed by atoms with Crippen molar-refractivity contribution in [3.05, 3.63) is 65.5 Å². The Balaban J connectivity index is 1.65. The van der Waals surface area contributed by atoms with Crippen LogP contribution in [-0.2, 0) is 16.1 Å². The number of halogens is 1. The Kier molecular flexibility index (Phi) is 4.84. The quantitative estimate of drug-likeness (QED) is 0.618. The van der Waals surface area contributed by atoms with Crippen molar-refractivity contribution in [1.29, 1.82) is 0 Å². The minimum absolute atomic E-state index is 0.0281. The number of carbonyl (C=O) groups is 3. The van der Waals surface area contributed by atoms with Gasteiger partial charge < -0.3 is 10.6 Å². The zero-order valence-corrected chi connectivity index (χ0v) is 14.3. The van der Waals surface area contributed by atoms with Gasteiger partial charge in [-0.1, -0.05) is 30.3 Å². The summed E-state index contributed by atoms with van der Waals surface area (Å²) in [5, 5.41) is 5.35. The lowest BCUT2D eigenvalue weighted by molar-refractivity contribution is -0.134. The molecule has 0 aromatic heterocycles. The van der Waals surface area contributed by atoms with Crippen molar-refractivity contribution in [1.82, 2.24) is 5.32 Å². The molecule has 1 saturated carbocycles. The van der Waals surface area contributed by atoms with Gasteiger partial charge in [0.15, 0.2) is 5.78 Å². The Morgan fingerprint density at radius 2 is 1.77 bits per heavy atom. The van der Waals surface area contributed by atoms with Gasteiger partial charge in [-0.05, 0) is 38.0 Å². The normalized spacial score (nSPS) is 14.4. The van der Waals surface area contributed by atoms with Gasteiger partial charge in [-0.25, -0.2) is 4.39 Å². The van der Waals surface area contributed by atoms with Gasteiger partial charge in [0.2, 0.25) is 11.8 Å². The molecule has 1 fully saturated rings. The number of amides is 2. The summed E-state index contributed by atoms with van der Waals surface area (Å²) in [5.41, 5.74) is 0.191. The third-order valence-electron chi connectivity index (χ3n) is 4.54. The summed E-state index contributed by atoms with van der Waals surface area (Å²) < 4.78 is 13.6. The number of ketones is 1. The van der Waals surface area contributed by atoms with Crippen LogP contribution in [-0.4, -0.2) is 17.6 Å². The summed E-state index contributed by atoms with van der Waals surface area (Å²) in [5.74, 6) is -1.33. The minimum atomic E-state index is -1.13. The topological polar surface area (TPSA) is 75.3 Å². The smallest absolute Gasteiger partial charge is 0.240 e. The van der Waals surface area contributed by atoms with Gasteiger partial charge in [-0.15, -0.1) is 0 Å². The SMILES string of the molecule is CC(=O)c1cccc(NC(=O)C2(C(=O)NCc3ccccc3F)CC2)c1. The van der Waals surface area contributed by atoms with E-state index in [2.05, 4.69) is 10.6 Å². The van der Waals surface area contributed by atoms with Gasteiger partial charge in [-0.3, -0.25) is 14.4 Å². The molecule has 0 saturated heterocycles. The molecular formula is C20H19FN2O3. The number of rotatable bonds is 6. The van der Waals surface area contributed by atoms with Crippen LogP contribution in [0.15, 0.2) is 48.5 Å². The lowest BCUT2D eigenvalue weighted by Gasteiger charge is -2.16. The maximum Gasteiger partial charge on any atom is 0.240 e. The highest BCUT2D eigenvalue weighted by molar-refractivity contribution is 6.13. The van der Waals surface area contributed by atoms with E-state index >= 15 is 0 Å². The van der Waals surface area contributed by atoms with E-state index in [4.69, 9.17) is 0 Å². The van der Waals surface area contributed by atoms with Crippen molar-refractivity contribution in [3.8, 4) is 0 Å². The predicted molar refractivity (Wildman–Crippen MR) is 95.0 cm³/mol. The first-order valence-corrected chi connectivity index (χ1v) is 8.36. The number of benzene rings is 2. The van der Waals surface area contributed by atoms with E-state index in [-0.39, 0.29) is 12.3 Å². The van der Waals surface area contributed by atoms with E-state index in [0.29, 0.717) is 29.7 Å². The van der Waals surface area contributed by atoms with Crippen LogP contribution in [0.2, 0.25) is 0 Å². The second-order valence-corrected chi connectivity index (χ2v) is 6.45.